The zero-order valence-electron chi connectivity index (χ0n) is 14.0. The van der Waals surface area contributed by atoms with Crippen LogP contribution in [0.25, 0.3) is 5.69 Å². The van der Waals surface area contributed by atoms with E-state index in [0.717, 1.165) is 19.2 Å². The summed E-state index contributed by atoms with van der Waals surface area (Å²) < 4.78 is 41.6. The number of alkyl halides is 3. The number of hydrogen-bond acceptors (Lipinski definition) is 3. The maximum atomic E-state index is 13.6. The number of carbonyl (C=O) groups excluding carboxylic acids is 1. The fraction of sp³-hybridized carbons (Fsp3) is 0.412. The molecular weight excluding hydrogens is 369 g/mol. The first-order valence-corrected chi connectivity index (χ1v) is 8.58. The highest BCUT2D eigenvalue weighted by atomic mass is 35.5. The predicted molar refractivity (Wildman–Crippen MR) is 91.5 cm³/mol. The molecule has 0 saturated carbocycles. The zero-order valence-corrected chi connectivity index (χ0v) is 14.7. The minimum atomic E-state index is -4.74. The Labute approximate surface area is 153 Å². The lowest BCUT2D eigenvalue weighted by atomic mass is 9.94. The molecule has 1 saturated heterocycles. The number of piperidine rings is 1. The van der Waals surface area contributed by atoms with Crippen molar-refractivity contribution in [2.75, 3.05) is 13.1 Å². The first kappa shape index (κ1) is 18.7. The summed E-state index contributed by atoms with van der Waals surface area (Å²) in [4.78, 5) is 12.5. The summed E-state index contributed by atoms with van der Waals surface area (Å²) in [6, 6.07) is 5.54. The van der Waals surface area contributed by atoms with Gasteiger partial charge in [0, 0.05) is 17.6 Å². The summed E-state index contributed by atoms with van der Waals surface area (Å²) in [6.07, 6.45) is -2.94. The predicted octanol–water partition coefficient (Wildman–Crippen LogP) is 3.27. The summed E-state index contributed by atoms with van der Waals surface area (Å²) in [6.45, 7) is 3.32. The van der Waals surface area contributed by atoms with Crippen molar-refractivity contribution < 1.29 is 18.0 Å². The first-order valence-electron chi connectivity index (χ1n) is 8.20. The van der Waals surface area contributed by atoms with Gasteiger partial charge in [-0.15, -0.1) is 0 Å². The Morgan fingerprint density at radius 3 is 2.65 bits per heavy atom. The van der Waals surface area contributed by atoms with Crippen LogP contribution in [0.15, 0.2) is 30.5 Å². The molecule has 1 aliphatic rings. The van der Waals surface area contributed by atoms with Crippen LogP contribution in [0.4, 0.5) is 13.2 Å². The number of carbonyl (C=O) groups is 1. The molecule has 1 aromatic heterocycles. The Morgan fingerprint density at radius 1 is 1.35 bits per heavy atom. The quantitative estimate of drug-likeness (QED) is 0.851. The van der Waals surface area contributed by atoms with E-state index in [9.17, 15) is 18.0 Å². The van der Waals surface area contributed by atoms with E-state index in [2.05, 4.69) is 15.7 Å². The van der Waals surface area contributed by atoms with Crippen LogP contribution in [0.5, 0.6) is 0 Å². The molecule has 0 bridgehead atoms. The number of benzene rings is 1. The summed E-state index contributed by atoms with van der Waals surface area (Å²) in [5, 5.41) is 10.0. The zero-order chi connectivity index (χ0) is 18.9. The van der Waals surface area contributed by atoms with E-state index in [1.54, 1.807) is 0 Å². The van der Waals surface area contributed by atoms with Crippen LogP contribution in [0, 0.1) is 5.92 Å². The molecule has 1 amide bonds. The molecule has 2 N–H and O–H groups in total. The number of aromatic nitrogens is 2. The lowest BCUT2D eigenvalue weighted by Crippen LogP contribution is -2.50. The highest BCUT2D eigenvalue weighted by Crippen LogP contribution is 2.34. The van der Waals surface area contributed by atoms with Crippen LogP contribution in [-0.4, -0.2) is 34.8 Å². The second-order valence-corrected chi connectivity index (χ2v) is 6.78. The molecule has 1 fully saturated rings. The van der Waals surface area contributed by atoms with E-state index in [1.165, 1.54) is 24.3 Å². The normalized spacial score (nSPS) is 20.8. The molecule has 2 aromatic rings. The third kappa shape index (κ3) is 3.86. The molecule has 0 aliphatic carbocycles. The van der Waals surface area contributed by atoms with Gasteiger partial charge in [-0.25, -0.2) is 4.68 Å². The van der Waals surface area contributed by atoms with Gasteiger partial charge < -0.3 is 10.6 Å². The molecule has 140 valence electrons. The Balaban J connectivity index is 1.94. The molecule has 3 rings (SSSR count). The number of amides is 1. The van der Waals surface area contributed by atoms with Crippen molar-refractivity contribution in [3.8, 4) is 5.69 Å². The number of nitrogens with one attached hydrogen (secondary N) is 2. The SMILES string of the molecule is CC1CCNCC1NC(=O)c1cnn(-c2ccc(Cl)cc2)c1C(F)(F)F. The molecule has 0 spiro atoms. The van der Waals surface area contributed by atoms with Gasteiger partial charge in [0.25, 0.3) is 5.91 Å². The van der Waals surface area contributed by atoms with Crippen molar-refractivity contribution in [2.24, 2.45) is 5.92 Å². The molecule has 26 heavy (non-hydrogen) atoms. The van der Waals surface area contributed by atoms with Gasteiger partial charge in [0.05, 0.1) is 17.4 Å². The number of hydrogen-bond donors (Lipinski definition) is 2. The molecule has 1 aromatic carbocycles. The van der Waals surface area contributed by atoms with Gasteiger partial charge in [-0.05, 0) is 43.1 Å². The van der Waals surface area contributed by atoms with Crippen molar-refractivity contribution in [3.05, 3.63) is 46.7 Å². The van der Waals surface area contributed by atoms with Crippen molar-refractivity contribution in [1.82, 2.24) is 20.4 Å². The maximum Gasteiger partial charge on any atom is 0.434 e. The molecule has 2 unspecified atom stereocenters. The van der Waals surface area contributed by atoms with E-state index in [0.29, 0.717) is 16.2 Å². The largest absolute Gasteiger partial charge is 0.434 e. The van der Waals surface area contributed by atoms with Gasteiger partial charge in [0.1, 0.15) is 0 Å². The summed E-state index contributed by atoms with van der Waals surface area (Å²) in [5.74, 6) is -0.598. The van der Waals surface area contributed by atoms with Gasteiger partial charge in [-0.1, -0.05) is 18.5 Å². The van der Waals surface area contributed by atoms with E-state index in [-0.39, 0.29) is 17.6 Å². The molecule has 5 nitrogen and oxygen atoms in total. The van der Waals surface area contributed by atoms with Crippen molar-refractivity contribution in [3.63, 3.8) is 0 Å². The van der Waals surface area contributed by atoms with Crippen LogP contribution in [-0.2, 0) is 6.18 Å². The third-order valence-corrected chi connectivity index (χ3v) is 4.75. The fourth-order valence-electron chi connectivity index (χ4n) is 2.99. The van der Waals surface area contributed by atoms with Gasteiger partial charge in [0.2, 0.25) is 0 Å². The molecule has 2 atom stereocenters. The molecule has 9 heteroatoms. The van der Waals surface area contributed by atoms with Crippen LogP contribution in [0.2, 0.25) is 5.02 Å². The third-order valence-electron chi connectivity index (χ3n) is 4.50. The Bertz CT molecular complexity index is 788. The Kier molecular flexibility index (Phi) is 5.24. The minimum absolute atomic E-state index is 0.175. The Hall–Kier alpha value is -2.06. The highest BCUT2D eigenvalue weighted by molar-refractivity contribution is 6.30. The smallest absolute Gasteiger partial charge is 0.348 e. The van der Waals surface area contributed by atoms with Gasteiger partial charge in [-0.2, -0.15) is 18.3 Å². The van der Waals surface area contributed by atoms with Crippen LogP contribution < -0.4 is 10.6 Å². The van der Waals surface area contributed by atoms with E-state index < -0.39 is 23.3 Å². The average molecular weight is 387 g/mol. The molecule has 0 radical (unpaired) electrons. The molecule has 1 aliphatic heterocycles. The number of rotatable bonds is 3. The van der Waals surface area contributed by atoms with E-state index in [4.69, 9.17) is 11.6 Å². The Morgan fingerprint density at radius 2 is 2.04 bits per heavy atom. The van der Waals surface area contributed by atoms with Crippen LogP contribution in [0.1, 0.15) is 29.4 Å². The maximum absolute atomic E-state index is 13.6. The fourth-order valence-corrected chi connectivity index (χ4v) is 3.12. The van der Waals surface area contributed by atoms with Crippen LogP contribution >= 0.6 is 11.6 Å². The van der Waals surface area contributed by atoms with Gasteiger partial charge in [0.15, 0.2) is 5.69 Å². The lowest BCUT2D eigenvalue weighted by Gasteiger charge is -2.30. The van der Waals surface area contributed by atoms with Gasteiger partial charge in [-0.3, -0.25) is 4.79 Å². The van der Waals surface area contributed by atoms with Crippen molar-refractivity contribution >= 4 is 17.5 Å². The summed E-state index contributed by atoms with van der Waals surface area (Å²) in [5.41, 5.74) is -1.42. The van der Waals surface area contributed by atoms with Crippen LogP contribution in [0.3, 0.4) is 0 Å². The minimum Gasteiger partial charge on any atom is -0.348 e. The molecular formula is C17H18ClF3N4O. The second-order valence-electron chi connectivity index (χ2n) is 6.34. The van der Waals surface area contributed by atoms with Crippen molar-refractivity contribution in [2.45, 2.75) is 25.6 Å². The monoisotopic (exact) mass is 386 g/mol. The van der Waals surface area contributed by atoms with E-state index >= 15 is 0 Å². The average Bonchev–Trinajstić information content (AvgIpc) is 3.03. The first-order chi connectivity index (χ1) is 12.3. The molecule has 2 heterocycles. The standard InChI is InChI=1S/C17H18ClF3N4O/c1-10-6-7-22-9-14(10)24-16(26)13-8-23-25(15(13)17(19,20)21)12-4-2-11(18)3-5-12/h2-5,8,10,14,22H,6-7,9H2,1H3,(H,24,26). The second kappa shape index (κ2) is 7.28. The number of halogens is 4. The summed E-state index contributed by atoms with van der Waals surface area (Å²) >= 11 is 5.78. The highest BCUT2D eigenvalue weighted by Gasteiger charge is 2.41. The topological polar surface area (TPSA) is 58.9 Å². The van der Waals surface area contributed by atoms with Crippen molar-refractivity contribution in [1.29, 1.82) is 0 Å². The number of nitrogens with zero attached hydrogens (tertiary/aromatic N) is 2. The van der Waals surface area contributed by atoms with E-state index in [1.807, 2.05) is 6.92 Å². The summed E-state index contributed by atoms with van der Waals surface area (Å²) in [7, 11) is 0. The lowest BCUT2D eigenvalue weighted by molar-refractivity contribution is -0.143. The van der Waals surface area contributed by atoms with Gasteiger partial charge >= 0.3 is 6.18 Å².